The highest BCUT2D eigenvalue weighted by atomic mass is 16.7. The highest BCUT2D eigenvalue weighted by Crippen LogP contribution is 2.37. The third-order valence-electron chi connectivity index (χ3n) is 4.24. The zero-order valence-corrected chi connectivity index (χ0v) is 13.3. The molecule has 0 amide bonds. The van der Waals surface area contributed by atoms with Gasteiger partial charge in [0.25, 0.3) is 0 Å². The van der Waals surface area contributed by atoms with E-state index in [1.54, 1.807) is 7.11 Å². The van der Waals surface area contributed by atoms with Crippen LogP contribution in [0.4, 0.5) is 0 Å². The summed E-state index contributed by atoms with van der Waals surface area (Å²) < 4.78 is 19.3. The van der Waals surface area contributed by atoms with Crippen LogP contribution in [0.2, 0.25) is 0 Å². The average Bonchev–Trinajstić information content (AvgIpc) is 3.21. The van der Waals surface area contributed by atoms with Gasteiger partial charge in [-0.25, -0.2) is 0 Å². The van der Waals surface area contributed by atoms with Crippen molar-refractivity contribution in [2.75, 3.05) is 20.3 Å². The molecule has 0 unspecified atom stereocenters. The fourth-order valence-electron chi connectivity index (χ4n) is 3.26. The maximum Gasteiger partial charge on any atom is 0.186 e. The first-order chi connectivity index (χ1) is 11.3. The molecular formula is C19H19NO3. The van der Waals surface area contributed by atoms with E-state index >= 15 is 0 Å². The molecule has 4 heteroatoms. The SMILES string of the molecule is COc1cccc(C2OCCO2)c1-n1c(C)cc2ccccc21. The molecule has 0 radical (unpaired) electrons. The summed E-state index contributed by atoms with van der Waals surface area (Å²) in [7, 11) is 1.69. The molecule has 1 aliphatic rings. The molecule has 4 rings (SSSR count). The van der Waals surface area contributed by atoms with E-state index in [0.717, 1.165) is 28.2 Å². The van der Waals surface area contributed by atoms with Crippen molar-refractivity contribution in [1.82, 2.24) is 4.57 Å². The van der Waals surface area contributed by atoms with Gasteiger partial charge in [0.05, 0.1) is 31.5 Å². The number of para-hydroxylation sites is 2. The van der Waals surface area contributed by atoms with Crippen LogP contribution in [0, 0.1) is 6.92 Å². The van der Waals surface area contributed by atoms with Gasteiger partial charge in [0.1, 0.15) is 5.75 Å². The average molecular weight is 309 g/mol. The lowest BCUT2D eigenvalue weighted by Crippen LogP contribution is -2.08. The Balaban J connectivity index is 2.01. The van der Waals surface area contributed by atoms with E-state index in [1.165, 1.54) is 5.39 Å². The third-order valence-corrected chi connectivity index (χ3v) is 4.24. The highest BCUT2D eigenvalue weighted by molar-refractivity contribution is 5.84. The maximum absolute atomic E-state index is 5.74. The molecule has 3 aromatic rings. The largest absolute Gasteiger partial charge is 0.495 e. The van der Waals surface area contributed by atoms with E-state index in [-0.39, 0.29) is 6.29 Å². The Morgan fingerprint density at radius 2 is 1.83 bits per heavy atom. The Morgan fingerprint density at radius 1 is 1.04 bits per heavy atom. The second-order valence-corrected chi connectivity index (χ2v) is 5.65. The van der Waals surface area contributed by atoms with Crippen molar-refractivity contribution in [3.8, 4) is 11.4 Å². The van der Waals surface area contributed by atoms with Gasteiger partial charge in [-0.15, -0.1) is 0 Å². The van der Waals surface area contributed by atoms with Crippen LogP contribution in [0.3, 0.4) is 0 Å². The molecule has 0 bridgehead atoms. The molecule has 0 atom stereocenters. The second kappa shape index (κ2) is 5.72. The lowest BCUT2D eigenvalue weighted by molar-refractivity contribution is -0.0441. The molecule has 2 heterocycles. The molecule has 4 nitrogen and oxygen atoms in total. The summed E-state index contributed by atoms with van der Waals surface area (Å²) in [5.41, 5.74) is 4.27. The number of hydrogen-bond donors (Lipinski definition) is 0. The highest BCUT2D eigenvalue weighted by Gasteiger charge is 2.25. The van der Waals surface area contributed by atoms with Crippen LogP contribution in [-0.4, -0.2) is 24.9 Å². The van der Waals surface area contributed by atoms with E-state index < -0.39 is 0 Å². The van der Waals surface area contributed by atoms with Crippen LogP contribution in [0.5, 0.6) is 5.75 Å². The van der Waals surface area contributed by atoms with Crippen LogP contribution in [0.1, 0.15) is 17.5 Å². The molecule has 118 valence electrons. The quantitative estimate of drug-likeness (QED) is 0.733. The number of hydrogen-bond acceptors (Lipinski definition) is 3. The summed E-state index contributed by atoms with van der Waals surface area (Å²) in [6.07, 6.45) is -0.347. The normalized spacial score (nSPS) is 15.4. The minimum Gasteiger partial charge on any atom is -0.495 e. The lowest BCUT2D eigenvalue weighted by atomic mass is 10.1. The van der Waals surface area contributed by atoms with Crippen molar-refractivity contribution in [2.45, 2.75) is 13.2 Å². The topological polar surface area (TPSA) is 32.6 Å². The van der Waals surface area contributed by atoms with Gasteiger partial charge >= 0.3 is 0 Å². The van der Waals surface area contributed by atoms with Gasteiger partial charge in [-0.1, -0.05) is 30.3 Å². The van der Waals surface area contributed by atoms with E-state index in [4.69, 9.17) is 14.2 Å². The van der Waals surface area contributed by atoms with Gasteiger partial charge in [0, 0.05) is 16.6 Å². The molecule has 0 aliphatic carbocycles. The second-order valence-electron chi connectivity index (χ2n) is 5.65. The van der Waals surface area contributed by atoms with E-state index in [0.29, 0.717) is 13.2 Å². The molecule has 1 fully saturated rings. The fraction of sp³-hybridized carbons (Fsp3) is 0.263. The smallest absolute Gasteiger partial charge is 0.186 e. The third kappa shape index (κ3) is 2.31. The molecule has 0 saturated carbocycles. The molecule has 1 aliphatic heterocycles. The Hall–Kier alpha value is -2.30. The Labute approximate surface area is 135 Å². The first-order valence-electron chi connectivity index (χ1n) is 7.77. The van der Waals surface area contributed by atoms with E-state index in [1.807, 2.05) is 18.2 Å². The van der Waals surface area contributed by atoms with Gasteiger partial charge in [0.15, 0.2) is 6.29 Å². The summed E-state index contributed by atoms with van der Waals surface area (Å²) in [5.74, 6) is 0.811. The Morgan fingerprint density at radius 3 is 2.61 bits per heavy atom. The number of aromatic nitrogens is 1. The van der Waals surface area contributed by atoms with E-state index in [2.05, 4.69) is 41.8 Å². The summed E-state index contributed by atoms with van der Waals surface area (Å²) >= 11 is 0. The predicted molar refractivity (Wildman–Crippen MR) is 89.2 cm³/mol. The zero-order chi connectivity index (χ0) is 15.8. The summed E-state index contributed by atoms with van der Waals surface area (Å²) in [6.45, 7) is 3.34. The summed E-state index contributed by atoms with van der Waals surface area (Å²) in [5, 5.41) is 1.20. The van der Waals surface area contributed by atoms with Gasteiger partial charge in [-0.3, -0.25) is 0 Å². The monoisotopic (exact) mass is 309 g/mol. The molecule has 23 heavy (non-hydrogen) atoms. The van der Waals surface area contributed by atoms with Crippen molar-refractivity contribution >= 4 is 10.9 Å². The molecule has 1 saturated heterocycles. The minimum absolute atomic E-state index is 0.347. The predicted octanol–water partition coefficient (Wildman–Crippen LogP) is 3.99. The number of aryl methyl sites for hydroxylation is 1. The molecule has 0 spiro atoms. The van der Waals surface area contributed by atoms with Gasteiger partial charge in [0.2, 0.25) is 0 Å². The first kappa shape index (κ1) is 14.3. The molecule has 2 aromatic carbocycles. The van der Waals surface area contributed by atoms with Crippen LogP contribution in [0.15, 0.2) is 48.5 Å². The van der Waals surface area contributed by atoms with Crippen LogP contribution in [-0.2, 0) is 9.47 Å². The van der Waals surface area contributed by atoms with Crippen molar-refractivity contribution in [3.63, 3.8) is 0 Å². The lowest BCUT2D eigenvalue weighted by Gasteiger charge is -2.20. The number of methoxy groups -OCH3 is 1. The number of fused-ring (bicyclic) bond motifs is 1. The molecule has 0 N–H and O–H groups in total. The van der Waals surface area contributed by atoms with Crippen LogP contribution >= 0.6 is 0 Å². The van der Waals surface area contributed by atoms with Crippen molar-refractivity contribution < 1.29 is 14.2 Å². The van der Waals surface area contributed by atoms with Gasteiger partial charge < -0.3 is 18.8 Å². The molecule has 1 aromatic heterocycles. The Kier molecular flexibility index (Phi) is 3.56. The van der Waals surface area contributed by atoms with Gasteiger partial charge in [-0.2, -0.15) is 0 Å². The van der Waals surface area contributed by atoms with Crippen LogP contribution in [0.25, 0.3) is 16.6 Å². The molecular weight excluding hydrogens is 290 g/mol. The fourth-order valence-corrected chi connectivity index (χ4v) is 3.26. The van der Waals surface area contributed by atoms with Gasteiger partial charge in [-0.05, 0) is 25.1 Å². The van der Waals surface area contributed by atoms with E-state index in [9.17, 15) is 0 Å². The van der Waals surface area contributed by atoms with Crippen molar-refractivity contribution in [3.05, 3.63) is 59.8 Å². The van der Waals surface area contributed by atoms with Crippen molar-refractivity contribution in [1.29, 1.82) is 0 Å². The van der Waals surface area contributed by atoms with Crippen molar-refractivity contribution in [2.24, 2.45) is 0 Å². The number of nitrogens with zero attached hydrogens (tertiary/aromatic N) is 1. The number of benzene rings is 2. The maximum atomic E-state index is 5.74. The minimum atomic E-state index is -0.347. The summed E-state index contributed by atoms with van der Waals surface area (Å²) in [6, 6.07) is 16.5. The van der Waals surface area contributed by atoms with Crippen LogP contribution < -0.4 is 4.74 Å². The Bertz CT molecular complexity index is 847. The number of rotatable bonds is 3. The first-order valence-corrected chi connectivity index (χ1v) is 7.77. The zero-order valence-electron chi connectivity index (χ0n) is 13.3. The summed E-state index contributed by atoms with van der Waals surface area (Å²) in [4.78, 5) is 0. The standard InChI is InChI=1S/C19H19NO3/c1-13-12-14-6-3-4-8-16(14)20(13)18-15(19-22-10-11-23-19)7-5-9-17(18)21-2/h3-9,12,19H,10-11H2,1-2H3. The number of ether oxygens (including phenoxy) is 3.